The standard InChI is InChI=1S/C19H29N3O/c1-4-6-10-14-22-18-13-9-8-12-16(18)21-19(22)17(11-7-5-2)20-15(3)23/h8-9,12-13,17H,4-7,10-11,14H2,1-3H3,(H,20,23)/t17-/m1/s1. The van der Waals surface area contributed by atoms with Gasteiger partial charge in [0.1, 0.15) is 5.82 Å². The third-order valence-corrected chi connectivity index (χ3v) is 4.20. The third kappa shape index (κ3) is 4.57. The van der Waals surface area contributed by atoms with Gasteiger partial charge in [0, 0.05) is 13.5 Å². The predicted molar refractivity (Wildman–Crippen MR) is 95.3 cm³/mol. The van der Waals surface area contributed by atoms with E-state index in [-0.39, 0.29) is 11.9 Å². The second kappa shape index (κ2) is 8.70. The minimum absolute atomic E-state index is 0.00137. The summed E-state index contributed by atoms with van der Waals surface area (Å²) in [4.78, 5) is 16.5. The van der Waals surface area contributed by atoms with Gasteiger partial charge in [0.25, 0.3) is 0 Å². The van der Waals surface area contributed by atoms with E-state index in [0.717, 1.165) is 43.6 Å². The monoisotopic (exact) mass is 315 g/mol. The molecular formula is C19H29N3O. The molecule has 1 heterocycles. The Labute approximate surface area is 139 Å². The number of nitrogens with zero attached hydrogens (tertiary/aromatic N) is 2. The normalized spacial score (nSPS) is 12.5. The van der Waals surface area contributed by atoms with Crippen LogP contribution in [0.1, 0.15) is 71.2 Å². The fraction of sp³-hybridized carbons (Fsp3) is 0.579. The van der Waals surface area contributed by atoms with Crippen molar-refractivity contribution in [3.63, 3.8) is 0 Å². The number of aryl methyl sites for hydroxylation is 1. The fourth-order valence-electron chi connectivity index (χ4n) is 3.03. The van der Waals surface area contributed by atoms with E-state index < -0.39 is 0 Å². The highest BCUT2D eigenvalue weighted by Crippen LogP contribution is 2.25. The molecule has 2 rings (SSSR count). The Bertz CT molecular complexity index is 633. The van der Waals surface area contributed by atoms with Gasteiger partial charge in [-0.1, -0.05) is 51.7 Å². The van der Waals surface area contributed by atoms with Crippen LogP contribution < -0.4 is 5.32 Å². The van der Waals surface area contributed by atoms with Crippen molar-refractivity contribution in [3.05, 3.63) is 30.1 Å². The van der Waals surface area contributed by atoms with E-state index in [9.17, 15) is 4.79 Å². The summed E-state index contributed by atoms with van der Waals surface area (Å²) < 4.78 is 2.31. The van der Waals surface area contributed by atoms with E-state index in [1.807, 2.05) is 6.07 Å². The summed E-state index contributed by atoms with van der Waals surface area (Å²) in [5.41, 5.74) is 2.19. The van der Waals surface area contributed by atoms with Crippen molar-refractivity contribution < 1.29 is 4.79 Å². The molecule has 0 radical (unpaired) electrons. The largest absolute Gasteiger partial charge is 0.346 e. The Balaban J connectivity index is 2.37. The van der Waals surface area contributed by atoms with Gasteiger partial charge < -0.3 is 9.88 Å². The van der Waals surface area contributed by atoms with Crippen molar-refractivity contribution in [1.82, 2.24) is 14.9 Å². The van der Waals surface area contributed by atoms with Crippen LogP contribution in [0, 0.1) is 0 Å². The Morgan fingerprint density at radius 3 is 2.61 bits per heavy atom. The Morgan fingerprint density at radius 2 is 1.91 bits per heavy atom. The highest BCUT2D eigenvalue weighted by molar-refractivity contribution is 5.77. The number of hydrogen-bond acceptors (Lipinski definition) is 2. The van der Waals surface area contributed by atoms with Crippen LogP contribution in [0.3, 0.4) is 0 Å². The van der Waals surface area contributed by atoms with E-state index in [0.29, 0.717) is 0 Å². The summed E-state index contributed by atoms with van der Waals surface area (Å²) in [6, 6.07) is 8.27. The van der Waals surface area contributed by atoms with Crippen LogP contribution in [-0.2, 0) is 11.3 Å². The lowest BCUT2D eigenvalue weighted by molar-refractivity contribution is -0.119. The van der Waals surface area contributed by atoms with Gasteiger partial charge in [0.05, 0.1) is 17.1 Å². The number of fused-ring (bicyclic) bond motifs is 1. The lowest BCUT2D eigenvalue weighted by Gasteiger charge is -2.19. The van der Waals surface area contributed by atoms with Gasteiger partial charge in [-0.15, -0.1) is 0 Å². The van der Waals surface area contributed by atoms with Crippen molar-refractivity contribution >= 4 is 16.9 Å². The van der Waals surface area contributed by atoms with Crippen molar-refractivity contribution in [1.29, 1.82) is 0 Å². The number of carbonyl (C=O) groups excluding carboxylic acids is 1. The molecule has 4 heteroatoms. The molecule has 0 aliphatic carbocycles. The van der Waals surface area contributed by atoms with E-state index in [1.54, 1.807) is 6.92 Å². The van der Waals surface area contributed by atoms with Crippen LogP contribution in [-0.4, -0.2) is 15.5 Å². The maximum absolute atomic E-state index is 11.6. The number of carbonyl (C=O) groups is 1. The molecule has 1 aromatic carbocycles. The van der Waals surface area contributed by atoms with Crippen LogP contribution >= 0.6 is 0 Å². The topological polar surface area (TPSA) is 46.9 Å². The lowest BCUT2D eigenvalue weighted by Crippen LogP contribution is -2.28. The van der Waals surface area contributed by atoms with Gasteiger partial charge in [-0.05, 0) is 25.0 Å². The summed E-state index contributed by atoms with van der Waals surface area (Å²) in [7, 11) is 0. The molecule has 4 nitrogen and oxygen atoms in total. The molecule has 0 aliphatic rings. The molecule has 0 spiro atoms. The van der Waals surface area contributed by atoms with Crippen molar-refractivity contribution in [3.8, 4) is 0 Å². The summed E-state index contributed by atoms with van der Waals surface area (Å²) in [6.45, 7) is 6.94. The summed E-state index contributed by atoms with van der Waals surface area (Å²) in [6.07, 6.45) is 6.70. The number of imidazole rings is 1. The smallest absolute Gasteiger partial charge is 0.217 e. The molecule has 1 atom stereocenters. The third-order valence-electron chi connectivity index (χ3n) is 4.20. The van der Waals surface area contributed by atoms with Gasteiger partial charge in [-0.3, -0.25) is 4.79 Å². The first-order chi connectivity index (χ1) is 11.2. The first-order valence-electron chi connectivity index (χ1n) is 8.89. The number of aromatic nitrogens is 2. The van der Waals surface area contributed by atoms with E-state index in [2.05, 4.69) is 41.9 Å². The molecule has 2 aromatic rings. The first kappa shape index (κ1) is 17.5. The zero-order chi connectivity index (χ0) is 16.7. The quantitative estimate of drug-likeness (QED) is 0.688. The van der Waals surface area contributed by atoms with Crippen LogP contribution in [0.15, 0.2) is 24.3 Å². The molecule has 0 aliphatic heterocycles. The van der Waals surface area contributed by atoms with Gasteiger partial charge in [-0.2, -0.15) is 0 Å². The van der Waals surface area contributed by atoms with Gasteiger partial charge >= 0.3 is 0 Å². The van der Waals surface area contributed by atoms with E-state index >= 15 is 0 Å². The van der Waals surface area contributed by atoms with Crippen molar-refractivity contribution in [2.45, 2.75) is 71.9 Å². The Kier molecular flexibility index (Phi) is 6.63. The lowest BCUT2D eigenvalue weighted by atomic mass is 10.1. The fourth-order valence-corrected chi connectivity index (χ4v) is 3.03. The van der Waals surface area contributed by atoms with Crippen molar-refractivity contribution in [2.24, 2.45) is 0 Å². The minimum atomic E-state index is 0.00137. The number of para-hydroxylation sites is 2. The van der Waals surface area contributed by atoms with Crippen LogP contribution in [0.4, 0.5) is 0 Å². The predicted octanol–water partition coefficient (Wildman–Crippen LogP) is 4.59. The highest BCUT2D eigenvalue weighted by atomic mass is 16.1. The number of rotatable bonds is 9. The molecule has 0 saturated carbocycles. The van der Waals surface area contributed by atoms with Gasteiger partial charge in [0.15, 0.2) is 0 Å². The summed E-state index contributed by atoms with van der Waals surface area (Å²) in [5.74, 6) is 1.02. The molecule has 0 saturated heterocycles. The second-order valence-corrected chi connectivity index (χ2v) is 6.21. The number of benzene rings is 1. The second-order valence-electron chi connectivity index (χ2n) is 6.21. The van der Waals surface area contributed by atoms with Gasteiger partial charge in [0.2, 0.25) is 5.91 Å². The molecule has 0 fully saturated rings. The number of amides is 1. The van der Waals surface area contributed by atoms with E-state index in [4.69, 9.17) is 4.98 Å². The van der Waals surface area contributed by atoms with Crippen LogP contribution in [0.2, 0.25) is 0 Å². The molecule has 23 heavy (non-hydrogen) atoms. The molecule has 1 N–H and O–H groups in total. The van der Waals surface area contributed by atoms with E-state index in [1.165, 1.54) is 18.4 Å². The molecule has 1 amide bonds. The van der Waals surface area contributed by atoms with Gasteiger partial charge in [-0.25, -0.2) is 4.98 Å². The zero-order valence-electron chi connectivity index (χ0n) is 14.6. The van der Waals surface area contributed by atoms with Crippen LogP contribution in [0.5, 0.6) is 0 Å². The number of hydrogen-bond donors (Lipinski definition) is 1. The summed E-state index contributed by atoms with van der Waals surface area (Å²) >= 11 is 0. The van der Waals surface area contributed by atoms with Crippen LogP contribution in [0.25, 0.3) is 11.0 Å². The number of nitrogens with one attached hydrogen (secondary N) is 1. The molecular weight excluding hydrogens is 286 g/mol. The average Bonchev–Trinajstić information content (AvgIpc) is 2.90. The molecule has 0 unspecified atom stereocenters. The maximum atomic E-state index is 11.6. The molecule has 1 aromatic heterocycles. The Hall–Kier alpha value is -1.84. The minimum Gasteiger partial charge on any atom is -0.346 e. The van der Waals surface area contributed by atoms with Crippen molar-refractivity contribution in [2.75, 3.05) is 0 Å². The zero-order valence-corrected chi connectivity index (χ0v) is 14.6. The average molecular weight is 315 g/mol. The maximum Gasteiger partial charge on any atom is 0.217 e. The SMILES string of the molecule is CCCCCn1c([C@@H](CCCC)NC(C)=O)nc2ccccc21. The number of unbranched alkanes of at least 4 members (excludes halogenated alkanes) is 3. The highest BCUT2D eigenvalue weighted by Gasteiger charge is 2.20. The Morgan fingerprint density at radius 1 is 1.17 bits per heavy atom. The molecule has 0 bridgehead atoms. The first-order valence-corrected chi connectivity index (χ1v) is 8.89. The summed E-state index contributed by atoms with van der Waals surface area (Å²) in [5, 5.41) is 3.10. The molecule has 126 valence electrons.